The molecule has 2 rings (SSSR count). The molecule has 1 aliphatic rings. The average Bonchev–Trinajstić information content (AvgIpc) is 2.99. The molecule has 3 nitrogen and oxygen atoms in total. The molecule has 17 heavy (non-hydrogen) atoms. The van der Waals surface area contributed by atoms with E-state index in [1.807, 2.05) is 17.0 Å². The van der Waals surface area contributed by atoms with E-state index < -0.39 is 0 Å². The molecular weight excluding hydrogens is 252 g/mol. The number of rotatable bonds is 4. The van der Waals surface area contributed by atoms with Crippen LogP contribution < -0.4 is 0 Å². The zero-order valence-electron chi connectivity index (χ0n) is 9.46. The zero-order valence-corrected chi connectivity index (χ0v) is 11.1. The SMILES string of the molecule is N#CCSCC(=O)N1CCC[C@H]1c1cccs1. The minimum atomic E-state index is 0.168. The molecule has 1 fully saturated rings. The van der Waals surface area contributed by atoms with E-state index in [0.717, 1.165) is 19.4 Å². The van der Waals surface area contributed by atoms with Gasteiger partial charge in [-0.3, -0.25) is 4.79 Å². The molecule has 5 heteroatoms. The second-order valence-corrected chi connectivity index (χ2v) is 5.88. The van der Waals surface area contributed by atoms with Crippen LogP contribution in [0, 0.1) is 11.3 Å². The molecule has 1 atom stereocenters. The maximum Gasteiger partial charge on any atom is 0.233 e. The van der Waals surface area contributed by atoms with Crippen molar-refractivity contribution in [3.8, 4) is 6.07 Å². The Morgan fingerprint density at radius 2 is 2.59 bits per heavy atom. The lowest BCUT2D eigenvalue weighted by molar-refractivity contribution is -0.129. The summed E-state index contributed by atoms with van der Waals surface area (Å²) in [5.74, 6) is 0.986. The van der Waals surface area contributed by atoms with E-state index in [2.05, 4.69) is 11.4 Å². The number of amides is 1. The number of nitrogens with zero attached hydrogens (tertiary/aromatic N) is 2. The van der Waals surface area contributed by atoms with Crippen LogP contribution in [0.4, 0.5) is 0 Å². The van der Waals surface area contributed by atoms with Gasteiger partial charge in [0.15, 0.2) is 0 Å². The van der Waals surface area contributed by atoms with Crippen molar-refractivity contribution in [2.24, 2.45) is 0 Å². The molecule has 0 aromatic carbocycles. The summed E-state index contributed by atoms with van der Waals surface area (Å²) in [6, 6.07) is 6.45. The average molecular weight is 266 g/mol. The number of carbonyl (C=O) groups excluding carboxylic acids is 1. The molecule has 0 saturated carbocycles. The van der Waals surface area contributed by atoms with Gasteiger partial charge in [-0.1, -0.05) is 6.07 Å². The third-order valence-corrected chi connectivity index (χ3v) is 4.59. The van der Waals surface area contributed by atoms with E-state index in [0.29, 0.717) is 11.5 Å². The van der Waals surface area contributed by atoms with Gasteiger partial charge in [0.05, 0.1) is 23.6 Å². The van der Waals surface area contributed by atoms with Crippen LogP contribution in [0.15, 0.2) is 17.5 Å². The second-order valence-electron chi connectivity index (χ2n) is 3.91. The lowest BCUT2D eigenvalue weighted by Gasteiger charge is -2.23. The fourth-order valence-electron chi connectivity index (χ4n) is 2.11. The van der Waals surface area contributed by atoms with Gasteiger partial charge in [0, 0.05) is 11.4 Å². The summed E-state index contributed by atoms with van der Waals surface area (Å²) in [7, 11) is 0. The van der Waals surface area contributed by atoms with Crippen molar-refractivity contribution >= 4 is 29.0 Å². The van der Waals surface area contributed by atoms with Gasteiger partial charge in [0.2, 0.25) is 5.91 Å². The van der Waals surface area contributed by atoms with Crippen LogP contribution in [-0.4, -0.2) is 28.9 Å². The second kappa shape index (κ2) is 6.08. The van der Waals surface area contributed by atoms with Crippen LogP contribution in [0.5, 0.6) is 0 Å². The Kier molecular flexibility index (Phi) is 4.46. The van der Waals surface area contributed by atoms with Crippen molar-refractivity contribution in [3.05, 3.63) is 22.4 Å². The Hall–Kier alpha value is -0.990. The third kappa shape index (κ3) is 3.02. The summed E-state index contributed by atoms with van der Waals surface area (Å²) in [5.41, 5.74) is 0. The number of likely N-dealkylation sites (tertiary alicyclic amines) is 1. The zero-order chi connectivity index (χ0) is 12.1. The number of thiophene rings is 1. The Balaban J connectivity index is 1.95. The molecule has 0 radical (unpaired) electrons. The molecule has 0 N–H and O–H groups in total. The van der Waals surface area contributed by atoms with Gasteiger partial charge in [-0.05, 0) is 24.3 Å². The molecule has 2 heterocycles. The van der Waals surface area contributed by atoms with Crippen molar-refractivity contribution in [2.75, 3.05) is 18.1 Å². The van der Waals surface area contributed by atoms with Gasteiger partial charge in [-0.2, -0.15) is 5.26 Å². The molecule has 0 spiro atoms. The summed E-state index contributed by atoms with van der Waals surface area (Å²) < 4.78 is 0. The quantitative estimate of drug-likeness (QED) is 0.787. The first-order chi connectivity index (χ1) is 8.33. The molecule has 90 valence electrons. The van der Waals surface area contributed by atoms with Gasteiger partial charge < -0.3 is 4.90 Å². The highest BCUT2D eigenvalue weighted by atomic mass is 32.2. The van der Waals surface area contributed by atoms with Crippen LogP contribution in [0.3, 0.4) is 0 Å². The first-order valence-electron chi connectivity index (χ1n) is 5.60. The Labute approximate surface area is 109 Å². The summed E-state index contributed by atoms with van der Waals surface area (Å²) in [6.07, 6.45) is 2.15. The van der Waals surface area contributed by atoms with Crippen molar-refractivity contribution in [3.63, 3.8) is 0 Å². The molecule has 0 bridgehead atoms. The van der Waals surface area contributed by atoms with Crippen molar-refractivity contribution in [1.82, 2.24) is 4.90 Å². The fourth-order valence-corrected chi connectivity index (χ4v) is 3.52. The minimum Gasteiger partial charge on any atom is -0.334 e. The van der Waals surface area contributed by atoms with E-state index in [1.54, 1.807) is 11.3 Å². The normalized spacial score (nSPS) is 19.2. The van der Waals surface area contributed by atoms with Crippen LogP contribution in [0.2, 0.25) is 0 Å². The van der Waals surface area contributed by atoms with Gasteiger partial charge in [-0.25, -0.2) is 0 Å². The molecule has 0 unspecified atom stereocenters. The van der Waals surface area contributed by atoms with Crippen molar-refractivity contribution in [2.45, 2.75) is 18.9 Å². The summed E-state index contributed by atoms with van der Waals surface area (Å²) in [4.78, 5) is 15.3. The Bertz CT molecular complexity index is 411. The Morgan fingerprint density at radius 3 is 3.29 bits per heavy atom. The Morgan fingerprint density at radius 1 is 1.71 bits per heavy atom. The first kappa shape index (κ1) is 12.5. The molecule has 1 amide bonds. The van der Waals surface area contributed by atoms with Gasteiger partial charge in [0.1, 0.15) is 0 Å². The summed E-state index contributed by atoms with van der Waals surface area (Å²) >= 11 is 3.12. The third-order valence-electron chi connectivity index (χ3n) is 2.84. The van der Waals surface area contributed by atoms with Crippen LogP contribution >= 0.6 is 23.1 Å². The number of carbonyl (C=O) groups is 1. The number of hydrogen-bond acceptors (Lipinski definition) is 4. The summed E-state index contributed by atoms with van der Waals surface area (Å²) in [6.45, 7) is 0.856. The monoisotopic (exact) mass is 266 g/mol. The minimum absolute atomic E-state index is 0.168. The highest BCUT2D eigenvalue weighted by molar-refractivity contribution is 8.00. The number of thioether (sulfide) groups is 1. The highest BCUT2D eigenvalue weighted by Gasteiger charge is 2.30. The molecular formula is C12H14N2OS2. The van der Waals surface area contributed by atoms with E-state index in [9.17, 15) is 4.79 Å². The summed E-state index contributed by atoms with van der Waals surface area (Å²) in [5, 5.41) is 10.5. The fraction of sp³-hybridized carbons (Fsp3) is 0.500. The molecule has 1 aliphatic heterocycles. The molecule has 1 aromatic heterocycles. The van der Waals surface area contributed by atoms with Crippen LogP contribution in [0.1, 0.15) is 23.8 Å². The molecule has 1 aromatic rings. The van der Waals surface area contributed by atoms with Gasteiger partial charge >= 0.3 is 0 Å². The standard InChI is InChI=1S/C12H14N2OS2/c13-5-8-16-9-12(15)14-6-1-3-10(14)11-4-2-7-17-11/h2,4,7,10H,1,3,6,8-9H2/t10-/m0/s1. The smallest absolute Gasteiger partial charge is 0.233 e. The van der Waals surface area contributed by atoms with Gasteiger partial charge in [0.25, 0.3) is 0 Å². The highest BCUT2D eigenvalue weighted by Crippen LogP contribution is 2.34. The maximum atomic E-state index is 12.0. The van der Waals surface area contributed by atoms with E-state index >= 15 is 0 Å². The lowest BCUT2D eigenvalue weighted by Crippen LogP contribution is -2.31. The first-order valence-corrected chi connectivity index (χ1v) is 7.64. The van der Waals surface area contributed by atoms with E-state index in [1.165, 1.54) is 16.6 Å². The topological polar surface area (TPSA) is 44.1 Å². The van der Waals surface area contributed by atoms with Gasteiger partial charge in [-0.15, -0.1) is 23.1 Å². The van der Waals surface area contributed by atoms with Crippen LogP contribution in [0.25, 0.3) is 0 Å². The number of hydrogen-bond donors (Lipinski definition) is 0. The molecule has 0 aliphatic carbocycles. The van der Waals surface area contributed by atoms with E-state index in [4.69, 9.17) is 5.26 Å². The predicted molar refractivity (Wildman–Crippen MR) is 70.9 cm³/mol. The predicted octanol–water partition coefficient (Wildman–Crippen LogP) is 2.67. The van der Waals surface area contributed by atoms with Crippen molar-refractivity contribution in [1.29, 1.82) is 5.26 Å². The van der Waals surface area contributed by atoms with E-state index in [-0.39, 0.29) is 11.9 Å². The molecule has 1 saturated heterocycles. The lowest BCUT2D eigenvalue weighted by atomic mass is 10.2. The number of nitriles is 1. The maximum absolute atomic E-state index is 12.0. The van der Waals surface area contributed by atoms with Crippen LogP contribution in [-0.2, 0) is 4.79 Å². The van der Waals surface area contributed by atoms with Crippen molar-refractivity contribution < 1.29 is 4.79 Å². The largest absolute Gasteiger partial charge is 0.334 e.